The summed E-state index contributed by atoms with van der Waals surface area (Å²) in [4.78, 5) is 9.38. The van der Waals surface area contributed by atoms with Gasteiger partial charge in [-0.05, 0) is 29.3 Å². The van der Waals surface area contributed by atoms with Gasteiger partial charge in [0.05, 0.1) is 0 Å². The minimum absolute atomic E-state index is 0.209. The van der Waals surface area contributed by atoms with E-state index in [9.17, 15) is 22.0 Å². The third-order valence-electron chi connectivity index (χ3n) is 1.58. The monoisotopic (exact) mass is 249 g/mol. The highest BCUT2D eigenvalue weighted by atomic mass is 32.2. The third-order valence-corrected chi connectivity index (χ3v) is 3.13. The molecule has 0 saturated heterocycles. The largest absolute Gasteiger partial charge is 0.768 e. The summed E-state index contributed by atoms with van der Waals surface area (Å²) in [6.45, 7) is 0. The van der Waals surface area contributed by atoms with E-state index in [2.05, 4.69) is 0 Å². The minimum Gasteiger partial charge on any atom is -0.768 e. The normalized spacial score (nSPS) is 13.5. The first-order valence-corrected chi connectivity index (χ1v) is 6.03. The smallest absolute Gasteiger partial charge is 0.295 e. The van der Waals surface area contributed by atoms with Crippen molar-refractivity contribution in [1.82, 2.24) is 0 Å². The molecule has 1 atom stereocenters. The minimum atomic E-state index is -4.61. The van der Waals surface area contributed by atoms with Crippen LogP contribution in [0.3, 0.4) is 0 Å². The summed E-state index contributed by atoms with van der Waals surface area (Å²) in [6.07, 6.45) is 0.209. The second kappa shape index (κ2) is 4.19. The zero-order chi connectivity index (χ0) is 11.6. The van der Waals surface area contributed by atoms with Crippen LogP contribution in [0.5, 0.6) is 0 Å². The van der Waals surface area contributed by atoms with Gasteiger partial charge in [0.1, 0.15) is 4.90 Å². The molecule has 0 aromatic heterocycles. The van der Waals surface area contributed by atoms with Gasteiger partial charge in [-0.1, -0.05) is 0 Å². The molecule has 0 amide bonds. The van der Waals surface area contributed by atoms with Crippen molar-refractivity contribution in [3.63, 3.8) is 0 Å². The number of aldehydes is 1. The first-order valence-electron chi connectivity index (χ1n) is 3.52. The van der Waals surface area contributed by atoms with Crippen molar-refractivity contribution in [3.8, 4) is 0 Å². The molecule has 0 aliphatic heterocycles. The summed E-state index contributed by atoms with van der Waals surface area (Å²) in [5, 5.41) is 0. The molecule has 6 nitrogen and oxygen atoms in total. The maximum atomic E-state index is 10.8. The SMILES string of the molecule is O=Cc1ccc(S(=O)[O-])cc1S(=O)(=O)O. The summed E-state index contributed by atoms with van der Waals surface area (Å²) in [5.41, 5.74) is -0.299. The van der Waals surface area contributed by atoms with Gasteiger partial charge < -0.3 is 4.55 Å². The van der Waals surface area contributed by atoms with E-state index < -0.39 is 26.1 Å². The Kier molecular flexibility index (Phi) is 3.35. The molecule has 1 aromatic carbocycles. The predicted molar refractivity (Wildman–Crippen MR) is 48.8 cm³/mol. The Morgan fingerprint density at radius 1 is 1.40 bits per heavy atom. The topological polar surface area (TPSA) is 112 Å². The van der Waals surface area contributed by atoms with Crippen molar-refractivity contribution < 1.29 is 26.5 Å². The van der Waals surface area contributed by atoms with Crippen molar-refractivity contribution in [3.05, 3.63) is 23.8 Å². The van der Waals surface area contributed by atoms with E-state index in [1.807, 2.05) is 0 Å². The van der Waals surface area contributed by atoms with E-state index in [1.165, 1.54) is 0 Å². The van der Waals surface area contributed by atoms with Crippen LogP contribution in [0.2, 0.25) is 0 Å². The van der Waals surface area contributed by atoms with Crippen molar-refractivity contribution in [2.45, 2.75) is 9.79 Å². The van der Waals surface area contributed by atoms with Crippen LogP contribution in [-0.2, 0) is 21.2 Å². The van der Waals surface area contributed by atoms with Crippen LogP contribution in [0.4, 0.5) is 0 Å². The maximum absolute atomic E-state index is 10.8. The highest BCUT2D eigenvalue weighted by Gasteiger charge is 2.15. The average Bonchev–Trinajstić information content (AvgIpc) is 2.15. The highest BCUT2D eigenvalue weighted by molar-refractivity contribution is 7.86. The summed E-state index contributed by atoms with van der Waals surface area (Å²) in [6, 6.07) is 2.77. The van der Waals surface area contributed by atoms with Crippen LogP contribution in [-0.4, -0.2) is 28.0 Å². The van der Waals surface area contributed by atoms with Gasteiger partial charge in [0.2, 0.25) is 0 Å². The Morgan fingerprint density at radius 2 is 2.00 bits per heavy atom. The van der Waals surface area contributed by atoms with Crippen LogP contribution in [0.25, 0.3) is 0 Å². The van der Waals surface area contributed by atoms with E-state index in [4.69, 9.17) is 4.55 Å². The number of rotatable bonds is 3. The lowest BCUT2D eigenvalue weighted by molar-refractivity contribution is 0.112. The molecular formula is C7H5O6S2-. The molecule has 0 heterocycles. The number of benzene rings is 1. The summed E-state index contributed by atoms with van der Waals surface area (Å²) in [5.74, 6) is 0. The Hall–Kier alpha value is -1.09. The Bertz CT molecular complexity index is 518. The quantitative estimate of drug-likeness (QED) is 0.458. The maximum Gasteiger partial charge on any atom is 0.295 e. The number of carbonyl (C=O) groups excluding carboxylic acids is 1. The molecule has 0 radical (unpaired) electrons. The molecule has 8 heteroatoms. The molecular weight excluding hydrogens is 244 g/mol. The van der Waals surface area contributed by atoms with Crippen LogP contribution in [0.15, 0.2) is 28.0 Å². The van der Waals surface area contributed by atoms with E-state index in [1.54, 1.807) is 0 Å². The Balaban J connectivity index is 3.52. The molecule has 82 valence electrons. The van der Waals surface area contributed by atoms with Crippen molar-refractivity contribution in [2.75, 3.05) is 0 Å². The van der Waals surface area contributed by atoms with Crippen molar-refractivity contribution in [2.24, 2.45) is 0 Å². The first kappa shape index (κ1) is 12.0. The summed E-state index contributed by atoms with van der Waals surface area (Å²) in [7, 11) is -4.61. The molecule has 0 aliphatic rings. The molecule has 0 bridgehead atoms. The molecule has 0 aliphatic carbocycles. The molecule has 1 unspecified atom stereocenters. The second-order valence-corrected chi connectivity index (χ2v) is 4.86. The van der Waals surface area contributed by atoms with Crippen LogP contribution >= 0.6 is 0 Å². The van der Waals surface area contributed by atoms with E-state index >= 15 is 0 Å². The van der Waals surface area contributed by atoms with Crippen LogP contribution < -0.4 is 0 Å². The lowest BCUT2D eigenvalue weighted by atomic mass is 10.2. The van der Waals surface area contributed by atoms with Gasteiger partial charge in [0.25, 0.3) is 10.1 Å². The molecule has 1 rings (SSSR count). The highest BCUT2D eigenvalue weighted by Crippen LogP contribution is 2.17. The second-order valence-electron chi connectivity index (χ2n) is 2.53. The van der Waals surface area contributed by atoms with Crippen LogP contribution in [0, 0.1) is 0 Å². The van der Waals surface area contributed by atoms with Gasteiger partial charge in [-0.25, -0.2) is 0 Å². The zero-order valence-corrected chi connectivity index (χ0v) is 8.75. The van der Waals surface area contributed by atoms with Crippen molar-refractivity contribution in [1.29, 1.82) is 0 Å². The predicted octanol–water partition coefficient (Wildman–Crippen LogP) is -0.0162. The Labute approximate surface area is 88.0 Å². The summed E-state index contributed by atoms with van der Waals surface area (Å²) >= 11 is -2.63. The molecule has 1 aromatic rings. The number of carbonyl (C=O) groups is 1. The third kappa shape index (κ3) is 2.69. The van der Waals surface area contributed by atoms with Crippen molar-refractivity contribution >= 4 is 27.5 Å². The van der Waals surface area contributed by atoms with Gasteiger partial charge >= 0.3 is 0 Å². The Morgan fingerprint density at radius 3 is 2.40 bits per heavy atom. The van der Waals surface area contributed by atoms with Gasteiger partial charge in [-0.15, -0.1) is 0 Å². The van der Waals surface area contributed by atoms with Gasteiger partial charge in [0, 0.05) is 10.5 Å². The fraction of sp³-hybridized carbons (Fsp3) is 0. The van der Waals surface area contributed by atoms with Gasteiger partial charge in [-0.2, -0.15) is 8.42 Å². The number of hydrogen-bond donors (Lipinski definition) is 1. The molecule has 0 spiro atoms. The first-order chi connectivity index (χ1) is 6.86. The summed E-state index contributed by atoms with van der Waals surface area (Å²) < 4.78 is 51.3. The fourth-order valence-electron chi connectivity index (χ4n) is 0.939. The molecule has 0 saturated carbocycles. The van der Waals surface area contributed by atoms with Gasteiger partial charge in [-0.3, -0.25) is 13.6 Å². The van der Waals surface area contributed by atoms with Gasteiger partial charge in [0.15, 0.2) is 6.29 Å². The number of hydrogen-bond acceptors (Lipinski definition) is 5. The lowest BCUT2D eigenvalue weighted by Gasteiger charge is -2.07. The standard InChI is InChI=1S/C7H6O6S2/c8-4-5-1-2-6(14(9)10)3-7(5)15(11,12)13/h1-4H,(H,9,10)(H,11,12,13)/p-1. The van der Waals surface area contributed by atoms with E-state index in [0.717, 1.165) is 12.1 Å². The molecule has 1 N–H and O–H groups in total. The zero-order valence-electron chi connectivity index (χ0n) is 7.11. The van der Waals surface area contributed by atoms with E-state index in [0.29, 0.717) is 6.07 Å². The average molecular weight is 249 g/mol. The van der Waals surface area contributed by atoms with E-state index in [-0.39, 0.29) is 16.7 Å². The molecule has 15 heavy (non-hydrogen) atoms. The fourth-order valence-corrected chi connectivity index (χ4v) is 2.10. The lowest BCUT2D eigenvalue weighted by Crippen LogP contribution is -2.04. The van der Waals surface area contributed by atoms with Crippen LogP contribution in [0.1, 0.15) is 10.4 Å². The molecule has 0 fully saturated rings.